The normalized spacial score (nSPS) is 19.8. The molecule has 1 fully saturated rings. The quantitative estimate of drug-likeness (QED) is 0.649. The highest BCUT2D eigenvalue weighted by atomic mass is 32.1. The lowest BCUT2D eigenvalue weighted by Crippen LogP contribution is -2.36. The largest absolute Gasteiger partial charge is 0.374 e. The van der Waals surface area contributed by atoms with E-state index in [1.54, 1.807) is 0 Å². The highest BCUT2D eigenvalue weighted by Crippen LogP contribution is 2.40. The summed E-state index contributed by atoms with van der Waals surface area (Å²) >= 11 is 3.33. The summed E-state index contributed by atoms with van der Waals surface area (Å²) in [5.74, 6) is 0. The summed E-state index contributed by atoms with van der Waals surface area (Å²) in [5.41, 5.74) is 12.2. The molecular weight excluding hydrogens is 374 g/mol. The Morgan fingerprint density at radius 2 is 2.19 bits per heavy atom. The van der Waals surface area contributed by atoms with Crippen molar-refractivity contribution < 1.29 is 0 Å². The van der Waals surface area contributed by atoms with Crippen molar-refractivity contribution >= 4 is 44.5 Å². The lowest BCUT2D eigenvalue weighted by atomic mass is 9.94. The molecule has 0 spiro atoms. The number of thiophene rings is 1. The molecule has 0 bridgehead atoms. The molecule has 140 valence electrons. The van der Waals surface area contributed by atoms with Crippen LogP contribution in [0.25, 0.3) is 22.8 Å². The van der Waals surface area contributed by atoms with Gasteiger partial charge in [-0.05, 0) is 62.3 Å². The van der Waals surface area contributed by atoms with E-state index in [2.05, 4.69) is 50.7 Å². The van der Waals surface area contributed by atoms with Gasteiger partial charge in [0.1, 0.15) is 5.01 Å². The van der Waals surface area contributed by atoms with Crippen molar-refractivity contribution in [1.29, 1.82) is 0 Å². The van der Waals surface area contributed by atoms with Gasteiger partial charge in [0.15, 0.2) is 0 Å². The van der Waals surface area contributed by atoms with Gasteiger partial charge in [-0.15, -0.1) is 21.5 Å². The van der Waals surface area contributed by atoms with Crippen LogP contribution in [0.3, 0.4) is 0 Å². The molecule has 2 aliphatic rings. The zero-order valence-corrected chi connectivity index (χ0v) is 17.0. The molecule has 1 saturated heterocycles. The van der Waals surface area contributed by atoms with Crippen molar-refractivity contribution in [2.45, 2.75) is 45.1 Å². The summed E-state index contributed by atoms with van der Waals surface area (Å²) in [6, 6.07) is 3.00. The molecular formula is C20H23N5S2. The van der Waals surface area contributed by atoms with Gasteiger partial charge in [0.05, 0.1) is 5.00 Å². The third-order valence-corrected chi connectivity index (χ3v) is 7.46. The van der Waals surface area contributed by atoms with Crippen LogP contribution in [0.5, 0.6) is 0 Å². The van der Waals surface area contributed by atoms with Gasteiger partial charge in [0.25, 0.3) is 0 Å². The van der Waals surface area contributed by atoms with Crippen molar-refractivity contribution in [3.05, 3.63) is 33.9 Å². The van der Waals surface area contributed by atoms with E-state index in [-0.39, 0.29) is 0 Å². The van der Waals surface area contributed by atoms with E-state index in [1.165, 1.54) is 70.1 Å². The Hall–Kier alpha value is -2.12. The van der Waals surface area contributed by atoms with Crippen molar-refractivity contribution in [3.8, 4) is 11.1 Å². The number of aromatic amines is 1. The number of nitrogens with zero attached hydrogens (tertiary/aromatic N) is 3. The van der Waals surface area contributed by atoms with Gasteiger partial charge in [-0.1, -0.05) is 11.3 Å². The second-order valence-corrected chi connectivity index (χ2v) is 9.32. The van der Waals surface area contributed by atoms with E-state index in [9.17, 15) is 0 Å². The molecule has 1 aliphatic carbocycles. The summed E-state index contributed by atoms with van der Waals surface area (Å²) in [6.07, 6.45) is 10.3. The van der Waals surface area contributed by atoms with Crippen molar-refractivity contribution in [3.63, 3.8) is 0 Å². The molecule has 1 unspecified atom stereocenters. The fraction of sp³-hybridized carbons (Fsp3) is 0.400. The Balaban J connectivity index is 1.48. The molecule has 5 nitrogen and oxygen atoms in total. The number of hydrogen-bond acceptors (Lipinski definition) is 6. The molecule has 0 radical (unpaired) electrons. The van der Waals surface area contributed by atoms with E-state index in [0.29, 0.717) is 11.2 Å². The Morgan fingerprint density at radius 1 is 1.26 bits per heavy atom. The van der Waals surface area contributed by atoms with Gasteiger partial charge < -0.3 is 15.6 Å². The second kappa shape index (κ2) is 6.80. The second-order valence-electron chi connectivity index (χ2n) is 7.42. The minimum Gasteiger partial charge on any atom is -0.374 e. The van der Waals surface area contributed by atoms with Crippen LogP contribution in [0.15, 0.2) is 17.6 Å². The molecule has 1 aliphatic heterocycles. The van der Waals surface area contributed by atoms with Crippen LogP contribution in [0.4, 0.5) is 10.1 Å². The zero-order chi connectivity index (χ0) is 18.4. The van der Waals surface area contributed by atoms with Crippen LogP contribution >= 0.6 is 22.7 Å². The fourth-order valence-electron chi connectivity index (χ4n) is 4.17. The Morgan fingerprint density at radius 3 is 3.00 bits per heavy atom. The maximum atomic E-state index is 5.77. The van der Waals surface area contributed by atoms with Gasteiger partial charge in [-0.25, -0.2) is 0 Å². The van der Waals surface area contributed by atoms with Gasteiger partial charge in [-0.3, -0.25) is 0 Å². The fourth-order valence-corrected chi connectivity index (χ4v) is 5.87. The molecule has 3 aromatic heterocycles. The number of nitrogens with one attached hydrogen (secondary N) is 1. The van der Waals surface area contributed by atoms with Gasteiger partial charge in [0, 0.05) is 41.0 Å². The molecule has 5 rings (SSSR count). The number of aryl methyl sites for hydroxylation is 1. The molecule has 7 heteroatoms. The topological polar surface area (TPSA) is 70.8 Å². The summed E-state index contributed by atoms with van der Waals surface area (Å²) in [4.78, 5) is 6.06. The number of piperidine rings is 1. The smallest absolute Gasteiger partial charge is 0.203 e. The number of nitrogen functional groups attached to an aromatic ring is 1. The van der Waals surface area contributed by atoms with Crippen molar-refractivity contribution in [1.82, 2.24) is 15.2 Å². The van der Waals surface area contributed by atoms with Crippen LogP contribution in [-0.4, -0.2) is 27.8 Å². The predicted octanol–water partition coefficient (Wildman–Crippen LogP) is 5.04. The Kier molecular flexibility index (Phi) is 4.28. The van der Waals surface area contributed by atoms with Crippen molar-refractivity contribution in [2.24, 2.45) is 0 Å². The van der Waals surface area contributed by atoms with Crippen LogP contribution in [0.1, 0.15) is 48.9 Å². The average Bonchev–Trinajstić information content (AvgIpc) is 3.40. The molecule has 27 heavy (non-hydrogen) atoms. The first-order valence-corrected chi connectivity index (χ1v) is 11.2. The first-order valence-electron chi connectivity index (χ1n) is 9.55. The number of anilines is 2. The summed E-state index contributed by atoms with van der Waals surface area (Å²) in [6.45, 7) is 3.52. The number of H-pyrrole nitrogens is 1. The van der Waals surface area contributed by atoms with Gasteiger partial charge >= 0.3 is 0 Å². The minimum atomic E-state index is 0.532. The van der Waals surface area contributed by atoms with Crippen LogP contribution < -0.4 is 10.6 Å². The predicted molar refractivity (Wildman–Crippen MR) is 115 cm³/mol. The first-order chi connectivity index (χ1) is 13.2. The highest BCUT2D eigenvalue weighted by molar-refractivity contribution is 7.16. The Labute approximate surface area is 166 Å². The maximum Gasteiger partial charge on any atom is 0.203 e. The zero-order valence-electron chi connectivity index (χ0n) is 15.4. The lowest BCUT2D eigenvalue weighted by Gasteiger charge is -2.34. The number of nitrogens with two attached hydrogens (primary N) is 1. The van der Waals surface area contributed by atoms with Crippen LogP contribution in [0.2, 0.25) is 0 Å². The number of allylic oxidation sites excluding steroid dienone is 1. The molecule has 0 saturated carbocycles. The average molecular weight is 398 g/mol. The van der Waals surface area contributed by atoms with E-state index < -0.39 is 0 Å². The highest BCUT2D eigenvalue weighted by Gasteiger charge is 2.23. The summed E-state index contributed by atoms with van der Waals surface area (Å²) in [7, 11) is 0. The Bertz CT molecular complexity index is 996. The third-order valence-electron chi connectivity index (χ3n) is 5.67. The maximum absolute atomic E-state index is 5.77. The van der Waals surface area contributed by atoms with Gasteiger partial charge in [-0.2, -0.15) is 0 Å². The van der Waals surface area contributed by atoms with E-state index >= 15 is 0 Å². The lowest BCUT2D eigenvalue weighted by molar-refractivity contribution is 0.487. The summed E-state index contributed by atoms with van der Waals surface area (Å²) < 4.78 is 0. The number of rotatable bonds is 3. The molecule has 1 atom stereocenters. The van der Waals surface area contributed by atoms with Crippen molar-refractivity contribution in [2.75, 3.05) is 17.2 Å². The van der Waals surface area contributed by atoms with E-state index in [4.69, 9.17) is 5.73 Å². The number of hydrogen-bond donors (Lipinski definition) is 2. The molecule has 0 aromatic carbocycles. The third kappa shape index (κ3) is 3.08. The first kappa shape index (κ1) is 17.0. The molecule has 0 amide bonds. The van der Waals surface area contributed by atoms with Gasteiger partial charge in [0.2, 0.25) is 5.13 Å². The summed E-state index contributed by atoms with van der Waals surface area (Å²) in [5, 5.41) is 13.4. The SMILES string of the molecule is CC1CCCCN1c1cc(-c2c[nH]c3c2C=C(c2nnc(N)s2)CC3)cs1. The molecule has 4 heterocycles. The van der Waals surface area contributed by atoms with Crippen LogP contribution in [-0.2, 0) is 6.42 Å². The van der Waals surface area contributed by atoms with E-state index in [0.717, 1.165) is 17.8 Å². The number of fused-ring (bicyclic) bond motifs is 1. The van der Waals surface area contributed by atoms with E-state index in [1.807, 2.05) is 11.3 Å². The number of aromatic nitrogens is 3. The monoisotopic (exact) mass is 397 g/mol. The standard InChI is InChI=1S/C20H23N5S2/c1-12-4-2-3-7-25(12)18-9-14(11-26-18)16-10-22-17-6-5-13(8-15(16)17)19-23-24-20(21)27-19/h8-12,22H,2-7H2,1H3,(H2,21,24). The minimum absolute atomic E-state index is 0.532. The van der Waals surface area contributed by atoms with Crippen LogP contribution in [0, 0.1) is 0 Å². The molecule has 3 N–H and O–H groups in total. The molecule has 3 aromatic rings.